The van der Waals surface area contributed by atoms with Crippen LogP contribution in [0.1, 0.15) is 15.9 Å². The molecule has 0 bridgehead atoms. The molecule has 2 aromatic carbocycles. The van der Waals surface area contributed by atoms with Crippen molar-refractivity contribution in [3.63, 3.8) is 0 Å². The maximum atomic E-state index is 13.7. The molecule has 1 N–H and O–H groups in total. The van der Waals surface area contributed by atoms with E-state index in [1.165, 1.54) is 12.1 Å². The van der Waals surface area contributed by atoms with E-state index in [9.17, 15) is 19.3 Å². The molecule has 0 aliphatic rings. The predicted octanol–water partition coefficient (Wildman–Crippen LogP) is 3.89. The maximum Gasteiger partial charge on any atom is 0.335 e. The van der Waals surface area contributed by atoms with Crippen molar-refractivity contribution >= 4 is 23.4 Å². The molecule has 0 atom stereocenters. The van der Waals surface area contributed by atoms with Crippen LogP contribution in [0.5, 0.6) is 0 Å². The second kappa shape index (κ2) is 5.92. The maximum absolute atomic E-state index is 13.7. The zero-order chi connectivity index (χ0) is 15.6. The third kappa shape index (κ3) is 3.38. The van der Waals surface area contributed by atoms with Crippen molar-refractivity contribution in [3.8, 4) is 0 Å². The van der Waals surface area contributed by atoms with Crippen LogP contribution < -0.4 is 0 Å². The Morgan fingerprint density at radius 1 is 1.24 bits per heavy atom. The Labute approximate surface area is 123 Å². The summed E-state index contributed by atoms with van der Waals surface area (Å²) in [5, 5.41) is 19.9. The van der Waals surface area contributed by atoms with Crippen LogP contribution in [-0.2, 0) is 0 Å². The van der Waals surface area contributed by atoms with Crippen LogP contribution in [0.25, 0.3) is 0 Å². The van der Waals surface area contributed by atoms with Gasteiger partial charge in [-0.05, 0) is 36.8 Å². The molecular weight excluding hydrogens is 297 g/mol. The molecule has 0 aromatic heterocycles. The molecule has 21 heavy (non-hydrogen) atoms. The highest BCUT2D eigenvalue weighted by Gasteiger charge is 2.17. The third-order valence-electron chi connectivity index (χ3n) is 2.71. The van der Waals surface area contributed by atoms with E-state index < -0.39 is 16.7 Å². The number of carboxylic acid groups (broad SMARTS) is 1. The van der Waals surface area contributed by atoms with Gasteiger partial charge in [0.25, 0.3) is 5.69 Å². The van der Waals surface area contributed by atoms with E-state index in [0.29, 0.717) is 5.56 Å². The molecule has 0 aliphatic heterocycles. The zero-order valence-corrected chi connectivity index (χ0v) is 11.7. The van der Waals surface area contributed by atoms with Crippen LogP contribution in [0.15, 0.2) is 46.2 Å². The zero-order valence-electron chi connectivity index (χ0n) is 10.9. The minimum atomic E-state index is -1.18. The van der Waals surface area contributed by atoms with Gasteiger partial charge in [0.15, 0.2) is 0 Å². The Balaban J connectivity index is 2.45. The molecule has 2 aromatic rings. The van der Waals surface area contributed by atoms with Gasteiger partial charge in [-0.15, -0.1) is 0 Å². The van der Waals surface area contributed by atoms with E-state index in [0.717, 1.165) is 30.0 Å². The summed E-state index contributed by atoms with van der Waals surface area (Å²) in [4.78, 5) is 21.7. The number of nitrogens with zero attached hydrogens (tertiary/aromatic N) is 1. The summed E-state index contributed by atoms with van der Waals surface area (Å²) < 4.78 is 13.7. The number of aromatic carboxylic acids is 1. The topological polar surface area (TPSA) is 80.4 Å². The summed E-state index contributed by atoms with van der Waals surface area (Å²) in [5.41, 5.74) is 0.500. The minimum absolute atomic E-state index is 0.0295. The normalized spacial score (nSPS) is 10.4. The molecule has 2 rings (SSSR count). The van der Waals surface area contributed by atoms with Gasteiger partial charge in [-0.1, -0.05) is 17.8 Å². The van der Waals surface area contributed by atoms with Gasteiger partial charge in [0, 0.05) is 11.0 Å². The molecule has 0 saturated heterocycles. The highest BCUT2D eigenvalue weighted by molar-refractivity contribution is 7.99. The van der Waals surface area contributed by atoms with Crippen LogP contribution in [0.2, 0.25) is 0 Å². The second-order valence-electron chi connectivity index (χ2n) is 4.28. The van der Waals surface area contributed by atoms with Gasteiger partial charge in [-0.2, -0.15) is 0 Å². The van der Waals surface area contributed by atoms with E-state index >= 15 is 0 Å². The Morgan fingerprint density at radius 3 is 2.57 bits per heavy atom. The number of hydrogen-bond donors (Lipinski definition) is 1. The quantitative estimate of drug-likeness (QED) is 0.684. The summed E-state index contributed by atoms with van der Waals surface area (Å²) in [6.45, 7) is 1.72. The lowest BCUT2D eigenvalue weighted by Gasteiger charge is -2.06. The van der Waals surface area contributed by atoms with Gasteiger partial charge in [-0.25, -0.2) is 9.18 Å². The first-order chi connectivity index (χ1) is 9.88. The molecule has 108 valence electrons. The lowest BCUT2D eigenvalue weighted by Crippen LogP contribution is -1.97. The first kappa shape index (κ1) is 15.0. The van der Waals surface area contributed by atoms with Crippen molar-refractivity contribution in [2.24, 2.45) is 0 Å². The minimum Gasteiger partial charge on any atom is -0.478 e. The van der Waals surface area contributed by atoms with Crippen LogP contribution in [0, 0.1) is 22.9 Å². The van der Waals surface area contributed by atoms with E-state index in [2.05, 4.69) is 0 Å². The molecule has 0 heterocycles. The van der Waals surface area contributed by atoms with Gasteiger partial charge < -0.3 is 5.11 Å². The summed E-state index contributed by atoms with van der Waals surface area (Å²) in [7, 11) is 0. The van der Waals surface area contributed by atoms with Crippen molar-refractivity contribution in [1.82, 2.24) is 0 Å². The fourth-order valence-corrected chi connectivity index (χ4v) is 2.65. The summed E-state index contributed by atoms with van der Waals surface area (Å²) in [6.07, 6.45) is 0. The number of aryl methyl sites for hydroxylation is 1. The summed E-state index contributed by atoms with van der Waals surface area (Å²) >= 11 is 0.829. The number of nitro benzene ring substituents is 1. The lowest BCUT2D eigenvalue weighted by atomic mass is 10.2. The van der Waals surface area contributed by atoms with Gasteiger partial charge >= 0.3 is 5.97 Å². The first-order valence-corrected chi connectivity index (χ1v) is 6.66. The average molecular weight is 307 g/mol. The van der Waals surface area contributed by atoms with E-state index in [-0.39, 0.29) is 21.0 Å². The number of benzene rings is 2. The molecule has 0 fully saturated rings. The molecule has 7 heteroatoms. The Bertz CT molecular complexity index is 733. The van der Waals surface area contributed by atoms with E-state index in [1.807, 2.05) is 0 Å². The van der Waals surface area contributed by atoms with Crippen LogP contribution >= 0.6 is 11.8 Å². The van der Waals surface area contributed by atoms with Crippen molar-refractivity contribution in [1.29, 1.82) is 0 Å². The van der Waals surface area contributed by atoms with Crippen LogP contribution in [-0.4, -0.2) is 16.0 Å². The monoisotopic (exact) mass is 307 g/mol. The number of nitro groups is 1. The van der Waals surface area contributed by atoms with Gasteiger partial charge in [0.05, 0.1) is 15.4 Å². The van der Waals surface area contributed by atoms with Gasteiger partial charge in [0.1, 0.15) is 5.82 Å². The van der Waals surface area contributed by atoms with Gasteiger partial charge in [0.2, 0.25) is 0 Å². The molecule has 0 aliphatic carbocycles. The van der Waals surface area contributed by atoms with E-state index in [4.69, 9.17) is 5.11 Å². The molecule has 0 saturated carbocycles. The van der Waals surface area contributed by atoms with Crippen molar-refractivity contribution in [2.75, 3.05) is 0 Å². The Morgan fingerprint density at radius 2 is 1.95 bits per heavy atom. The number of halogens is 1. The highest BCUT2D eigenvalue weighted by atomic mass is 32.2. The van der Waals surface area contributed by atoms with Crippen molar-refractivity contribution in [2.45, 2.75) is 16.7 Å². The van der Waals surface area contributed by atoms with Crippen molar-refractivity contribution < 1.29 is 19.2 Å². The lowest BCUT2D eigenvalue weighted by molar-refractivity contribution is -0.387. The van der Waals surface area contributed by atoms with Crippen LogP contribution in [0.3, 0.4) is 0 Å². The second-order valence-corrected chi connectivity index (χ2v) is 5.36. The fraction of sp³-hybridized carbons (Fsp3) is 0.0714. The SMILES string of the molecule is Cc1ccc(Sc2cc(C(=O)O)ccc2F)c([N+](=O)[O-])c1. The van der Waals surface area contributed by atoms with Crippen molar-refractivity contribution in [3.05, 3.63) is 63.5 Å². The van der Waals surface area contributed by atoms with Crippen LogP contribution in [0.4, 0.5) is 10.1 Å². The standard InChI is InChI=1S/C14H10FNO4S/c1-8-2-5-12(11(6-8)16(19)20)21-13-7-9(14(17)18)3-4-10(13)15/h2-7H,1H3,(H,17,18). The molecule has 0 spiro atoms. The number of hydrogen-bond acceptors (Lipinski definition) is 4. The number of carbonyl (C=O) groups is 1. The predicted molar refractivity (Wildman–Crippen MR) is 75.3 cm³/mol. The average Bonchev–Trinajstić information content (AvgIpc) is 2.42. The molecule has 0 radical (unpaired) electrons. The summed E-state index contributed by atoms with van der Waals surface area (Å²) in [6, 6.07) is 7.92. The largest absolute Gasteiger partial charge is 0.478 e. The third-order valence-corrected chi connectivity index (χ3v) is 3.81. The molecule has 0 amide bonds. The Hall–Kier alpha value is -2.41. The Kier molecular flexibility index (Phi) is 4.23. The van der Waals surface area contributed by atoms with E-state index in [1.54, 1.807) is 13.0 Å². The molecule has 0 unspecified atom stereocenters. The number of rotatable bonds is 4. The molecule has 5 nitrogen and oxygen atoms in total. The number of carboxylic acids is 1. The molecular formula is C14H10FNO4S. The van der Waals surface area contributed by atoms with Gasteiger partial charge in [-0.3, -0.25) is 10.1 Å². The smallest absolute Gasteiger partial charge is 0.335 e. The summed E-state index contributed by atoms with van der Waals surface area (Å²) in [5.74, 6) is -1.81. The fourth-order valence-electron chi connectivity index (χ4n) is 1.69. The highest BCUT2D eigenvalue weighted by Crippen LogP contribution is 2.36. The first-order valence-electron chi connectivity index (χ1n) is 5.84.